The van der Waals surface area contributed by atoms with E-state index >= 15 is 4.39 Å². The molecule has 3 aromatic carbocycles. The monoisotopic (exact) mass is 1000 g/mol. The number of carboxylic acids is 1. The zero-order valence-electron chi connectivity index (χ0n) is 39.1. The minimum atomic E-state index is -1.34. The van der Waals surface area contributed by atoms with Gasteiger partial charge < -0.3 is 20.5 Å². The third-order valence-corrected chi connectivity index (χ3v) is 16.7. The second kappa shape index (κ2) is 19.4. The Morgan fingerprint density at radius 1 is 0.943 bits per heavy atom. The van der Waals surface area contributed by atoms with Crippen molar-refractivity contribution in [2.24, 2.45) is 7.05 Å². The van der Waals surface area contributed by atoms with Crippen LogP contribution in [-0.2, 0) is 47.6 Å². The first-order valence-electron chi connectivity index (χ1n) is 24.7. The van der Waals surface area contributed by atoms with Crippen molar-refractivity contribution >= 4 is 69.5 Å². The van der Waals surface area contributed by atoms with Gasteiger partial charge in [-0.3, -0.25) is 53.5 Å². The van der Waals surface area contributed by atoms with E-state index in [1.54, 1.807) is 31.3 Å². The molecule has 4 saturated heterocycles. The topological polar surface area (TPSA) is 196 Å². The number of imide groups is 1. The molecule has 6 heterocycles. The van der Waals surface area contributed by atoms with Crippen molar-refractivity contribution in [3.05, 3.63) is 97.6 Å². The van der Waals surface area contributed by atoms with Gasteiger partial charge in [-0.05, 0) is 105 Å². The lowest BCUT2D eigenvalue weighted by Gasteiger charge is -2.47. The van der Waals surface area contributed by atoms with Crippen LogP contribution in [0.25, 0.3) is 11.0 Å². The minimum Gasteiger partial charge on any atom is -0.480 e. The molecule has 19 heteroatoms. The molecule has 4 aromatic rings. The van der Waals surface area contributed by atoms with Crippen LogP contribution in [0.4, 0.5) is 10.1 Å². The van der Waals surface area contributed by atoms with E-state index < -0.39 is 52.7 Å². The molecule has 0 radical (unpaired) electrons. The highest BCUT2D eigenvalue weighted by Crippen LogP contribution is 2.63. The number of halogens is 3. The maximum Gasteiger partial charge on any atom is 0.329 e. The number of piperazine rings is 1. The summed E-state index contributed by atoms with van der Waals surface area (Å²) in [5.74, 6) is -3.96. The molecule has 1 saturated carbocycles. The second-order valence-electron chi connectivity index (χ2n) is 20.2. The van der Waals surface area contributed by atoms with Crippen molar-refractivity contribution in [2.45, 2.75) is 124 Å². The van der Waals surface area contributed by atoms with Gasteiger partial charge in [-0.25, -0.2) is 9.18 Å². The summed E-state index contributed by atoms with van der Waals surface area (Å²) in [5, 5.41) is 23.0. The van der Waals surface area contributed by atoms with Crippen LogP contribution in [0.3, 0.4) is 0 Å². The number of hydrogen-bond acceptors (Lipinski definition) is 10. The molecular formula is C51H59Cl2FN8O8. The molecule has 1 aliphatic carbocycles. The Balaban J connectivity index is 0.748. The Kier molecular flexibility index (Phi) is 13.5. The lowest BCUT2D eigenvalue weighted by Crippen LogP contribution is -2.60. The third kappa shape index (κ3) is 8.53. The predicted octanol–water partition coefficient (Wildman–Crippen LogP) is 5.17. The van der Waals surface area contributed by atoms with Crippen LogP contribution in [0.5, 0.6) is 0 Å². The van der Waals surface area contributed by atoms with Crippen molar-refractivity contribution in [3.8, 4) is 0 Å². The molecule has 1 aromatic heterocycles. The molecule has 7 atom stereocenters. The molecule has 5 fully saturated rings. The number of anilines is 1. The number of carbonyl (C=O) groups is 5. The zero-order valence-corrected chi connectivity index (χ0v) is 40.6. The number of nitrogens with one attached hydrogen (secondary N) is 4. The number of imidazole rings is 1. The normalized spacial score (nSPS) is 28.0. The Bertz CT molecular complexity index is 2810. The van der Waals surface area contributed by atoms with Crippen LogP contribution in [0.15, 0.2) is 59.4 Å². The highest BCUT2D eigenvalue weighted by molar-refractivity contribution is 6.31. The molecule has 5 N–H and O–H groups in total. The van der Waals surface area contributed by atoms with E-state index in [1.165, 1.54) is 15.2 Å². The molecule has 6 aliphatic rings. The van der Waals surface area contributed by atoms with Crippen molar-refractivity contribution in [3.63, 3.8) is 0 Å². The Morgan fingerprint density at radius 2 is 1.76 bits per heavy atom. The van der Waals surface area contributed by atoms with Crippen molar-refractivity contribution in [1.82, 2.24) is 34.9 Å². The number of hydrogen-bond donors (Lipinski definition) is 5. The van der Waals surface area contributed by atoms with E-state index in [1.807, 2.05) is 29.2 Å². The zero-order chi connectivity index (χ0) is 49.1. The highest BCUT2D eigenvalue weighted by atomic mass is 35.5. The van der Waals surface area contributed by atoms with Crippen LogP contribution < -0.4 is 27.0 Å². The maximum atomic E-state index is 16.4. The quantitative estimate of drug-likeness (QED) is 0.0929. The Labute approximate surface area is 414 Å². The molecule has 372 valence electrons. The van der Waals surface area contributed by atoms with Gasteiger partial charge in [0.15, 0.2) is 0 Å². The lowest BCUT2D eigenvalue weighted by atomic mass is 9.55. The molecule has 2 spiro atoms. The molecule has 5 aliphatic heterocycles. The van der Waals surface area contributed by atoms with Gasteiger partial charge in [0, 0.05) is 61.8 Å². The maximum absolute atomic E-state index is 16.4. The third-order valence-electron chi connectivity index (χ3n) is 16.2. The number of amides is 4. The molecular weight excluding hydrogens is 943 g/mol. The summed E-state index contributed by atoms with van der Waals surface area (Å²) in [5.41, 5.74) is 1.35. The molecule has 4 amide bonds. The predicted molar refractivity (Wildman–Crippen MR) is 261 cm³/mol. The van der Waals surface area contributed by atoms with Gasteiger partial charge in [0.1, 0.15) is 23.3 Å². The van der Waals surface area contributed by atoms with Crippen LogP contribution in [0, 0.1) is 5.82 Å². The van der Waals surface area contributed by atoms with Crippen molar-refractivity contribution < 1.29 is 38.2 Å². The van der Waals surface area contributed by atoms with E-state index in [0.717, 1.165) is 56.1 Å². The van der Waals surface area contributed by atoms with Gasteiger partial charge in [0.25, 0.3) is 0 Å². The smallest absolute Gasteiger partial charge is 0.329 e. The number of aryl methyl sites for hydroxylation is 2. The average Bonchev–Trinajstić information content (AvgIpc) is 3.89. The summed E-state index contributed by atoms with van der Waals surface area (Å²) in [7, 11) is 1.68. The Morgan fingerprint density at radius 3 is 2.51 bits per heavy atom. The van der Waals surface area contributed by atoms with E-state index in [9.17, 15) is 33.9 Å². The van der Waals surface area contributed by atoms with Gasteiger partial charge in [-0.1, -0.05) is 66.7 Å². The average molecular weight is 1000 g/mol. The summed E-state index contributed by atoms with van der Waals surface area (Å²) in [6.07, 6.45) is 7.72. The van der Waals surface area contributed by atoms with Crippen LogP contribution >= 0.6 is 23.2 Å². The first kappa shape index (κ1) is 48.5. The largest absolute Gasteiger partial charge is 0.480 e. The second-order valence-corrected chi connectivity index (χ2v) is 21.0. The number of benzene rings is 3. The number of carbonyl (C=O) groups excluding carboxylic acids is 4. The molecule has 16 nitrogen and oxygen atoms in total. The summed E-state index contributed by atoms with van der Waals surface area (Å²) < 4.78 is 25.7. The summed E-state index contributed by atoms with van der Waals surface area (Å²) >= 11 is 12.8. The number of piperidine rings is 1. The first-order valence-corrected chi connectivity index (χ1v) is 25.4. The molecule has 0 bridgehead atoms. The summed E-state index contributed by atoms with van der Waals surface area (Å²) in [6.45, 7) is 3.03. The van der Waals surface area contributed by atoms with Gasteiger partial charge in [-0.15, -0.1) is 0 Å². The van der Waals surface area contributed by atoms with E-state index in [2.05, 4.69) is 26.2 Å². The molecule has 70 heavy (non-hydrogen) atoms. The fraction of sp³-hybridized carbons (Fsp3) is 0.529. The number of fused-ring (bicyclic) bond motifs is 4. The number of nitrogens with zero attached hydrogens (tertiary/aromatic N) is 4. The fourth-order valence-corrected chi connectivity index (χ4v) is 13.2. The highest BCUT2D eigenvalue weighted by Gasteiger charge is 2.72. The lowest BCUT2D eigenvalue weighted by molar-refractivity contribution is -0.147. The van der Waals surface area contributed by atoms with E-state index in [4.69, 9.17) is 27.9 Å². The molecule has 10 rings (SSSR count). The molecule has 2 unspecified atom stereocenters. The fourth-order valence-electron chi connectivity index (χ4n) is 12.8. The summed E-state index contributed by atoms with van der Waals surface area (Å²) in [4.78, 5) is 83.8. The van der Waals surface area contributed by atoms with E-state index in [-0.39, 0.29) is 65.6 Å². The van der Waals surface area contributed by atoms with Crippen LogP contribution in [0.1, 0.15) is 99.3 Å². The Hall–Kier alpha value is -5.17. The number of aliphatic carboxylic acids is 1. The van der Waals surface area contributed by atoms with E-state index in [0.29, 0.717) is 73.7 Å². The van der Waals surface area contributed by atoms with Crippen molar-refractivity contribution in [1.29, 1.82) is 0 Å². The van der Waals surface area contributed by atoms with Crippen LogP contribution in [-0.4, -0.2) is 123 Å². The number of unbranched alkanes of at least 4 members (excludes halogenated alkanes) is 1. The summed E-state index contributed by atoms with van der Waals surface area (Å²) in [6, 6.07) is 13.0. The SMILES string of the molecule is Cn1c(=O)n(C2CCC(=O)NC2=O)c2ccc(CCCCN3CCN(C[C@@H]4CCC(NC(=O)[C@@H]5NC6(CCCCC6)[C@@]6(C(=O)Nc7cc(Cl)ccc76)[C@H]5c5cccc(Cl)c5F)CO4)[C@H](C(=O)O)C3)cc21. The van der Waals surface area contributed by atoms with Gasteiger partial charge >= 0.3 is 11.7 Å². The first-order chi connectivity index (χ1) is 33.7. The van der Waals surface area contributed by atoms with Crippen molar-refractivity contribution in [2.75, 3.05) is 44.6 Å². The minimum absolute atomic E-state index is 0.0923. The van der Waals surface area contributed by atoms with Crippen LogP contribution in [0.2, 0.25) is 10.0 Å². The van der Waals surface area contributed by atoms with Gasteiger partial charge in [-0.2, -0.15) is 0 Å². The number of ether oxygens (including phenoxy) is 1. The van der Waals surface area contributed by atoms with Gasteiger partial charge in [0.2, 0.25) is 23.6 Å². The standard InChI is InChI=1S/C51H59Cl2FN8O8/c1-59-39-24-29(11-16-37(39)62(49(59)69)38-17-18-41(63)57-45(38)64)8-3-6-21-60-22-23-61(40(27-60)47(66)67)26-32-14-13-31(28-70-32)55-46(65)44-42(33-9-7-10-35(53)43(33)54)51(50(58-44)19-4-2-5-20-50)34-15-12-30(52)25-36(34)56-48(51)68/h7,9-12,15-16,24-25,31-32,38,40,42,44,58H,2-6,8,13-14,17-23,26-28H2,1H3,(H,55,65)(H,56,68)(H,66,67)(H,57,63,64)/t31?,32-,38?,40-,42-,44+,51+/m0/s1. The number of carboxylic acid groups (broad SMARTS) is 1. The number of aromatic nitrogens is 2. The number of rotatable bonds is 12. The van der Waals surface area contributed by atoms with Gasteiger partial charge in [0.05, 0.1) is 40.9 Å².